The van der Waals surface area contributed by atoms with E-state index >= 15 is 0 Å². The second-order valence-electron chi connectivity index (χ2n) is 7.58. The smallest absolute Gasteiger partial charge is 0.230 e. The molecule has 3 aromatic rings. The SMILES string of the molecule is O=C(CSc1nnc(-c2ccccc2)n1-c1ccc(F)cc1)NCC1CCCCC1. The summed E-state index contributed by atoms with van der Waals surface area (Å²) in [6.45, 7) is 0.749. The topological polar surface area (TPSA) is 59.8 Å². The van der Waals surface area contributed by atoms with Gasteiger partial charge in [-0.05, 0) is 43.0 Å². The maximum absolute atomic E-state index is 13.4. The average molecular weight is 425 g/mol. The molecular weight excluding hydrogens is 399 g/mol. The van der Waals surface area contributed by atoms with Crippen LogP contribution in [0.2, 0.25) is 0 Å². The summed E-state index contributed by atoms with van der Waals surface area (Å²) in [7, 11) is 0. The number of halogens is 1. The van der Waals surface area contributed by atoms with Crippen molar-refractivity contribution in [3.05, 3.63) is 60.4 Å². The van der Waals surface area contributed by atoms with E-state index in [9.17, 15) is 9.18 Å². The number of carbonyl (C=O) groups excluding carboxylic acids is 1. The molecule has 1 aliphatic carbocycles. The lowest BCUT2D eigenvalue weighted by Gasteiger charge is -2.21. The normalized spacial score (nSPS) is 14.6. The fourth-order valence-electron chi connectivity index (χ4n) is 3.79. The van der Waals surface area contributed by atoms with Crippen LogP contribution in [0.15, 0.2) is 59.8 Å². The number of rotatable bonds is 7. The van der Waals surface area contributed by atoms with Crippen molar-refractivity contribution in [2.24, 2.45) is 5.92 Å². The largest absolute Gasteiger partial charge is 0.355 e. The molecule has 4 rings (SSSR count). The van der Waals surface area contributed by atoms with Crippen LogP contribution in [0.5, 0.6) is 0 Å². The van der Waals surface area contributed by atoms with Crippen molar-refractivity contribution in [2.45, 2.75) is 37.3 Å². The van der Waals surface area contributed by atoms with Crippen LogP contribution in [0.25, 0.3) is 17.1 Å². The van der Waals surface area contributed by atoms with Crippen LogP contribution in [-0.2, 0) is 4.79 Å². The minimum atomic E-state index is -0.302. The van der Waals surface area contributed by atoms with Crippen LogP contribution in [-0.4, -0.2) is 33.0 Å². The molecule has 0 saturated heterocycles. The first-order valence-corrected chi connectivity index (χ1v) is 11.4. The molecule has 1 amide bonds. The molecule has 1 heterocycles. The Morgan fingerprint density at radius 1 is 1.03 bits per heavy atom. The maximum Gasteiger partial charge on any atom is 0.230 e. The zero-order chi connectivity index (χ0) is 20.8. The molecule has 1 aliphatic rings. The van der Waals surface area contributed by atoms with E-state index in [2.05, 4.69) is 15.5 Å². The predicted octanol–water partition coefficient (Wildman–Crippen LogP) is 4.86. The molecule has 0 atom stereocenters. The van der Waals surface area contributed by atoms with E-state index in [0.717, 1.165) is 17.8 Å². The Morgan fingerprint density at radius 2 is 1.77 bits per heavy atom. The summed E-state index contributed by atoms with van der Waals surface area (Å²) < 4.78 is 15.3. The van der Waals surface area contributed by atoms with Gasteiger partial charge < -0.3 is 5.32 Å². The first-order valence-electron chi connectivity index (χ1n) is 10.4. The minimum Gasteiger partial charge on any atom is -0.355 e. The zero-order valence-electron chi connectivity index (χ0n) is 16.8. The highest BCUT2D eigenvalue weighted by molar-refractivity contribution is 7.99. The van der Waals surface area contributed by atoms with Crippen LogP contribution in [0, 0.1) is 11.7 Å². The van der Waals surface area contributed by atoms with Gasteiger partial charge >= 0.3 is 0 Å². The zero-order valence-corrected chi connectivity index (χ0v) is 17.6. The summed E-state index contributed by atoms with van der Waals surface area (Å²) in [5.41, 5.74) is 1.66. The van der Waals surface area contributed by atoms with E-state index in [1.54, 1.807) is 12.1 Å². The Hall–Kier alpha value is -2.67. The number of carbonyl (C=O) groups is 1. The third kappa shape index (κ3) is 5.08. The summed E-state index contributed by atoms with van der Waals surface area (Å²) in [6.07, 6.45) is 6.24. The van der Waals surface area contributed by atoms with E-state index in [4.69, 9.17) is 0 Å². The summed E-state index contributed by atoms with van der Waals surface area (Å²) in [6, 6.07) is 15.9. The van der Waals surface area contributed by atoms with Crippen LogP contribution in [0.1, 0.15) is 32.1 Å². The van der Waals surface area contributed by atoms with Crippen LogP contribution in [0.3, 0.4) is 0 Å². The summed E-state index contributed by atoms with van der Waals surface area (Å²) >= 11 is 1.34. The molecule has 1 fully saturated rings. The Labute approximate surface area is 180 Å². The van der Waals surface area contributed by atoms with Gasteiger partial charge in [0.25, 0.3) is 0 Å². The fourth-order valence-corrected chi connectivity index (χ4v) is 4.57. The quantitative estimate of drug-likeness (QED) is 0.550. The highest BCUT2D eigenvalue weighted by Crippen LogP contribution is 2.28. The molecule has 1 saturated carbocycles. The monoisotopic (exact) mass is 424 g/mol. The van der Waals surface area contributed by atoms with Crippen LogP contribution in [0.4, 0.5) is 4.39 Å². The lowest BCUT2D eigenvalue weighted by atomic mass is 9.89. The number of benzene rings is 2. The van der Waals surface area contributed by atoms with Crippen molar-refractivity contribution in [1.29, 1.82) is 0 Å². The molecule has 156 valence electrons. The van der Waals surface area contributed by atoms with Gasteiger partial charge in [0, 0.05) is 17.8 Å². The molecule has 0 unspecified atom stereocenters. The van der Waals surface area contributed by atoms with Crippen molar-refractivity contribution in [3.63, 3.8) is 0 Å². The van der Waals surface area contributed by atoms with Gasteiger partial charge in [-0.2, -0.15) is 0 Å². The summed E-state index contributed by atoms with van der Waals surface area (Å²) in [5.74, 6) is 1.22. The van der Waals surface area contributed by atoms with Crippen molar-refractivity contribution in [3.8, 4) is 17.1 Å². The third-order valence-corrected chi connectivity index (χ3v) is 6.32. The molecule has 5 nitrogen and oxygen atoms in total. The number of hydrogen-bond donors (Lipinski definition) is 1. The lowest BCUT2D eigenvalue weighted by molar-refractivity contribution is -0.118. The molecule has 0 aliphatic heterocycles. The number of hydrogen-bond acceptors (Lipinski definition) is 4. The van der Waals surface area contributed by atoms with Crippen LogP contribution >= 0.6 is 11.8 Å². The van der Waals surface area contributed by atoms with Gasteiger partial charge in [-0.1, -0.05) is 61.4 Å². The minimum absolute atomic E-state index is 0.000454. The summed E-state index contributed by atoms with van der Waals surface area (Å²) in [4.78, 5) is 12.4. The molecule has 0 radical (unpaired) electrons. The van der Waals surface area contributed by atoms with Crippen molar-refractivity contribution < 1.29 is 9.18 Å². The van der Waals surface area contributed by atoms with Gasteiger partial charge in [0.1, 0.15) is 5.82 Å². The van der Waals surface area contributed by atoms with Gasteiger partial charge in [0.05, 0.1) is 5.75 Å². The van der Waals surface area contributed by atoms with E-state index < -0.39 is 0 Å². The third-order valence-electron chi connectivity index (χ3n) is 5.40. The molecular formula is C23H25FN4OS. The molecule has 1 N–H and O–H groups in total. The highest BCUT2D eigenvalue weighted by atomic mass is 32.2. The maximum atomic E-state index is 13.4. The first-order chi connectivity index (χ1) is 14.7. The Bertz CT molecular complexity index is 969. The predicted molar refractivity (Wildman–Crippen MR) is 117 cm³/mol. The van der Waals surface area contributed by atoms with Crippen molar-refractivity contribution in [2.75, 3.05) is 12.3 Å². The molecule has 7 heteroatoms. The van der Waals surface area contributed by atoms with E-state index in [-0.39, 0.29) is 17.5 Å². The molecule has 1 aromatic heterocycles. The number of amides is 1. The summed E-state index contributed by atoms with van der Waals surface area (Å²) in [5, 5.41) is 12.3. The van der Waals surface area contributed by atoms with Crippen molar-refractivity contribution >= 4 is 17.7 Å². The molecule has 0 spiro atoms. The van der Waals surface area contributed by atoms with E-state index in [1.165, 1.54) is 56.0 Å². The van der Waals surface area contributed by atoms with Gasteiger partial charge in [-0.25, -0.2) is 4.39 Å². The standard InChI is InChI=1S/C23H25FN4OS/c24-19-11-13-20(14-12-19)28-22(18-9-5-2-6-10-18)26-27-23(28)30-16-21(29)25-15-17-7-3-1-4-8-17/h2,5-6,9-14,17H,1,3-4,7-8,15-16H2,(H,25,29). The fraction of sp³-hybridized carbons (Fsp3) is 0.348. The molecule has 2 aromatic carbocycles. The number of thioether (sulfide) groups is 1. The molecule has 30 heavy (non-hydrogen) atoms. The Balaban J connectivity index is 1.49. The lowest BCUT2D eigenvalue weighted by Crippen LogP contribution is -2.31. The first kappa shape index (κ1) is 20.6. The molecule has 0 bridgehead atoms. The highest BCUT2D eigenvalue weighted by Gasteiger charge is 2.18. The van der Waals surface area contributed by atoms with Gasteiger partial charge in [-0.3, -0.25) is 9.36 Å². The Kier molecular flexibility index (Phi) is 6.79. The average Bonchev–Trinajstić information content (AvgIpc) is 3.22. The number of nitrogens with zero attached hydrogens (tertiary/aromatic N) is 3. The van der Waals surface area contributed by atoms with Crippen LogP contribution < -0.4 is 5.32 Å². The van der Waals surface area contributed by atoms with Gasteiger partial charge in [-0.15, -0.1) is 10.2 Å². The second-order valence-corrected chi connectivity index (χ2v) is 8.52. The van der Waals surface area contributed by atoms with Crippen molar-refractivity contribution in [1.82, 2.24) is 20.1 Å². The van der Waals surface area contributed by atoms with Gasteiger partial charge in [0.15, 0.2) is 11.0 Å². The number of aromatic nitrogens is 3. The number of nitrogens with one attached hydrogen (secondary N) is 1. The second kappa shape index (κ2) is 9.89. The van der Waals surface area contributed by atoms with E-state index in [0.29, 0.717) is 16.9 Å². The van der Waals surface area contributed by atoms with Gasteiger partial charge in [0.2, 0.25) is 5.91 Å². The van der Waals surface area contributed by atoms with E-state index in [1.807, 2.05) is 34.9 Å². The Morgan fingerprint density at radius 3 is 2.50 bits per heavy atom.